The Kier molecular flexibility index (Phi) is 3.03. The van der Waals surface area contributed by atoms with Gasteiger partial charge in [-0.05, 0) is 25.8 Å². The average molecular weight is 225 g/mol. The van der Waals surface area contributed by atoms with Crippen molar-refractivity contribution in [3.8, 4) is 0 Å². The average Bonchev–Trinajstić information content (AvgIpc) is 2.47. The van der Waals surface area contributed by atoms with E-state index < -0.39 is 0 Å². The van der Waals surface area contributed by atoms with Crippen molar-refractivity contribution in [3.63, 3.8) is 0 Å². The molecule has 1 saturated heterocycles. The summed E-state index contributed by atoms with van der Waals surface area (Å²) in [5.74, 6) is 0.434. The molecule has 2 atom stereocenters. The third-order valence-corrected chi connectivity index (χ3v) is 3.97. The first-order valence-electron chi connectivity index (χ1n) is 5.41. The summed E-state index contributed by atoms with van der Waals surface area (Å²) in [4.78, 5) is 0. The van der Waals surface area contributed by atoms with E-state index in [0.29, 0.717) is 5.92 Å². The topological polar surface area (TPSA) is 9.23 Å². The predicted octanol–water partition coefficient (Wildman–Crippen LogP) is 3.26. The van der Waals surface area contributed by atoms with Crippen molar-refractivity contribution in [2.75, 3.05) is 6.61 Å². The zero-order valence-electron chi connectivity index (χ0n) is 9.24. The van der Waals surface area contributed by atoms with Crippen LogP contribution in [0.1, 0.15) is 19.4 Å². The molecule has 1 aliphatic heterocycles. The van der Waals surface area contributed by atoms with Crippen LogP contribution in [0.3, 0.4) is 0 Å². The van der Waals surface area contributed by atoms with Crippen molar-refractivity contribution in [2.45, 2.75) is 31.2 Å². The van der Waals surface area contributed by atoms with Gasteiger partial charge in [-0.25, -0.2) is 0 Å². The third kappa shape index (κ3) is 2.35. The van der Waals surface area contributed by atoms with Crippen molar-refractivity contribution in [2.24, 2.45) is 5.92 Å². The number of ether oxygens (including phenoxy) is 1. The molecule has 0 saturated carbocycles. The predicted molar refractivity (Wildman–Crippen MR) is 63.3 cm³/mol. The summed E-state index contributed by atoms with van der Waals surface area (Å²) in [6.45, 7) is 4.90. The molecular weight excluding hydrogens is 208 g/mol. The van der Waals surface area contributed by atoms with Gasteiger partial charge in [-0.3, -0.25) is 0 Å². The van der Waals surface area contributed by atoms with E-state index in [-0.39, 0.29) is 11.0 Å². The molecule has 1 aromatic carbocycles. The molecule has 0 bridgehead atoms. The molecule has 15 heavy (non-hydrogen) atoms. The fraction of sp³-hybridized carbons (Fsp3) is 0.538. The standard InChI is InChI=1S/C13H17ClO/c1-13(2)12(14)11(9-15-13)8-10-6-4-3-5-7-10/h3-7,11-12H,8-9H2,1-2H3. The molecule has 0 aromatic heterocycles. The maximum absolute atomic E-state index is 6.39. The molecular formula is C13H17ClO. The molecule has 2 unspecified atom stereocenters. The van der Waals surface area contributed by atoms with E-state index in [9.17, 15) is 0 Å². The first-order chi connectivity index (χ1) is 7.09. The lowest BCUT2D eigenvalue weighted by Gasteiger charge is -2.22. The molecule has 0 radical (unpaired) electrons. The largest absolute Gasteiger partial charge is 0.374 e. The van der Waals surface area contributed by atoms with Gasteiger partial charge in [0.25, 0.3) is 0 Å². The molecule has 1 aromatic rings. The van der Waals surface area contributed by atoms with Gasteiger partial charge in [-0.2, -0.15) is 0 Å². The van der Waals surface area contributed by atoms with Gasteiger partial charge in [0, 0.05) is 5.92 Å². The summed E-state index contributed by atoms with van der Waals surface area (Å²) >= 11 is 6.39. The zero-order chi connectivity index (χ0) is 10.9. The molecule has 1 aliphatic rings. The normalized spacial score (nSPS) is 29.3. The smallest absolute Gasteiger partial charge is 0.0793 e. The molecule has 1 fully saturated rings. The van der Waals surface area contributed by atoms with Crippen LogP contribution in [0.4, 0.5) is 0 Å². The molecule has 1 heterocycles. The van der Waals surface area contributed by atoms with Crippen LogP contribution in [-0.2, 0) is 11.2 Å². The van der Waals surface area contributed by atoms with E-state index >= 15 is 0 Å². The molecule has 0 N–H and O–H groups in total. The zero-order valence-corrected chi connectivity index (χ0v) is 10.00. The van der Waals surface area contributed by atoms with E-state index in [1.165, 1.54) is 5.56 Å². The minimum atomic E-state index is -0.180. The minimum absolute atomic E-state index is 0.109. The van der Waals surface area contributed by atoms with Crippen molar-refractivity contribution < 1.29 is 4.74 Å². The number of halogens is 1. The lowest BCUT2D eigenvalue weighted by molar-refractivity contribution is 0.0365. The van der Waals surface area contributed by atoms with Gasteiger partial charge in [0.2, 0.25) is 0 Å². The van der Waals surface area contributed by atoms with Crippen LogP contribution in [0.5, 0.6) is 0 Å². The first kappa shape index (κ1) is 11.0. The van der Waals surface area contributed by atoms with Crippen LogP contribution >= 0.6 is 11.6 Å². The van der Waals surface area contributed by atoms with Crippen LogP contribution in [0.2, 0.25) is 0 Å². The molecule has 0 aliphatic carbocycles. The molecule has 1 nitrogen and oxygen atoms in total. The summed E-state index contributed by atoms with van der Waals surface area (Å²) in [5, 5.41) is 0.109. The highest BCUT2D eigenvalue weighted by Crippen LogP contribution is 2.35. The Hall–Kier alpha value is -0.530. The summed E-state index contributed by atoms with van der Waals surface area (Å²) in [6, 6.07) is 10.5. The Morgan fingerprint density at radius 1 is 1.33 bits per heavy atom. The number of rotatable bonds is 2. The van der Waals surface area contributed by atoms with E-state index in [2.05, 4.69) is 38.1 Å². The van der Waals surface area contributed by atoms with Crippen LogP contribution in [0.25, 0.3) is 0 Å². The van der Waals surface area contributed by atoms with E-state index in [0.717, 1.165) is 13.0 Å². The Bertz CT molecular complexity index is 321. The van der Waals surface area contributed by atoms with Crippen LogP contribution in [0.15, 0.2) is 30.3 Å². The fourth-order valence-corrected chi connectivity index (χ4v) is 2.36. The highest BCUT2D eigenvalue weighted by molar-refractivity contribution is 6.21. The second-order valence-electron chi connectivity index (χ2n) is 4.77. The maximum atomic E-state index is 6.39. The maximum Gasteiger partial charge on any atom is 0.0793 e. The van der Waals surface area contributed by atoms with Gasteiger partial charge >= 0.3 is 0 Å². The summed E-state index contributed by atoms with van der Waals surface area (Å²) in [6.07, 6.45) is 1.01. The third-order valence-electron chi connectivity index (χ3n) is 3.09. The van der Waals surface area contributed by atoms with Crippen molar-refractivity contribution in [1.29, 1.82) is 0 Å². The highest BCUT2D eigenvalue weighted by Gasteiger charge is 2.41. The highest BCUT2D eigenvalue weighted by atomic mass is 35.5. The lowest BCUT2D eigenvalue weighted by atomic mass is 9.92. The van der Waals surface area contributed by atoms with Gasteiger partial charge in [0.15, 0.2) is 0 Å². The first-order valence-corrected chi connectivity index (χ1v) is 5.85. The van der Waals surface area contributed by atoms with Gasteiger partial charge in [0.1, 0.15) is 0 Å². The van der Waals surface area contributed by atoms with E-state index in [1.807, 2.05) is 6.07 Å². The van der Waals surface area contributed by atoms with E-state index in [1.54, 1.807) is 0 Å². The number of hydrogen-bond acceptors (Lipinski definition) is 1. The molecule has 2 rings (SSSR count). The molecule has 0 amide bonds. The second kappa shape index (κ2) is 4.15. The van der Waals surface area contributed by atoms with Gasteiger partial charge in [0.05, 0.1) is 17.6 Å². The fourth-order valence-electron chi connectivity index (χ4n) is 2.13. The van der Waals surface area contributed by atoms with Crippen molar-refractivity contribution in [1.82, 2.24) is 0 Å². The Balaban J connectivity index is 2.03. The number of benzene rings is 1. The SMILES string of the molecule is CC1(C)OCC(Cc2ccccc2)C1Cl. The molecule has 0 spiro atoms. The number of alkyl halides is 1. The van der Waals surface area contributed by atoms with Crippen LogP contribution in [-0.4, -0.2) is 17.6 Å². The lowest BCUT2D eigenvalue weighted by Crippen LogP contribution is -2.31. The Morgan fingerprint density at radius 2 is 2.00 bits per heavy atom. The van der Waals surface area contributed by atoms with Crippen molar-refractivity contribution in [3.05, 3.63) is 35.9 Å². The Morgan fingerprint density at radius 3 is 2.53 bits per heavy atom. The minimum Gasteiger partial charge on any atom is -0.374 e. The van der Waals surface area contributed by atoms with E-state index in [4.69, 9.17) is 16.3 Å². The molecule has 82 valence electrons. The van der Waals surface area contributed by atoms with Gasteiger partial charge in [-0.15, -0.1) is 11.6 Å². The van der Waals surface area contributed by atoms with Crippen molar-refractivity contribution >= 4 is 11.6 Å². The monoisotopic (exact) mass is 224 g/mol. The van der Waals surface area contributed by atoms with Gasteiger partial charge in [-0.1, -0.05) is 30.3 Å². The van der Waals surface area contributed by atoms with Gasteiger partial charge < -0.3 is 4.74 Å². The number of hydrogen-bond donors (Lipinski definition) is 0. The summed E-state index contributed by atoms with van der Waals surface area (Å²) in [5.41, 5.74) is 1.16. The van der Waals surface area contributed by atoms with Crippen LogP contribution < -0.4 is 0 Å². The molecule has 2 heteroatoms. The summed E-state index contributed by atoms with van der Waals surface area (Å²) in [7, 11) is 0. The Labute approximate surface area is 96.4 Å². The quantitative estimate of drug-likeness (QED) is 0.701. The second-order valence-corrected chi connectivity index (χ2v) is 5.24. The summed E-state index contributed by atoms with van der Waals surface area (Å²) < 4.78 is 5.71. The van der Waals surface area contributed by atoms with Crippen LogP contribution in [0, 0.1) is 5.92 Å².